The fraction of sp³-hybridized carbons (Fsp3) is 0.750. The molecule has 2 N–H and O–H groups in total. The summed E-state index contributed by atoms with van der Waals surface area (Å²) in [5, 5.41) is 16.5. The van der Waals surface area contributed by atoms with Gasteiger partial charge in [0.25, 0.3) is 0 Å². The van der Waals surface area contributed by atoms with Gasteiger partial charge in [-0.2, -0.15) is 0 Å². The van der Waals surface area contributed by atoms with Crippen molar-refractivity contribution in [1.82, 2.24) is 0 Å². The lowest BCUT2D eigenvalue weighted by Gasteiger charge is -2.11. The summed E-state index contributed by atoms with van der Waals surface area (Å²) in [6.45, 7) is 9.80. The standard InChI is InChI=1S/C13H24O2.C3H6O2/c1-10(2)6-5-7-11(3)8-9-12(4)13(14)15;1-2-3(4)5/h6,11-12H,5,7-9H2,1-4H3,(H,14,15);2H2,1H3,(H,4,5). The molecular formula is C16H30O4. The number of aliphatic carboxylic acids is 2. The lowest BCUT2D eigenvalue weighted by Crippen LogP contribution is -2.10. The zero-order valence-corrected chi connectivity index (χ0v) is 13.5. The quantitative estimate of drug-likeness (QED) is 0.650. The molecule has 0 rings (SSSR count). The zero-order valence-electron chi connectivity index (χ0n) is 13.5. The van der Waals surface area contributed by atoms with E-state index in [9.17, 15) is 9.59 Å². The van der Waals surface area contributed by atoms with E-state index in [0.29, 0.717) is 5.92 Å². The van der Waals surface area contributed by atoms with E-state index in [-0.39, 0.29) is 12.3 Å². The van der Waals surface area contributed by atoms with Gasteiger partial charge in [-0.05, 0) is 45.4 Å². The van der Waals surface area contributed by atoms with Gasteiger partial charge in [0.05, 0.1) is 5.92 Å². The largest absolute Gasteiger partial charge is 0.481 e. The maximum atomic E-state index is 10.6. The van der Waals surface area contributed by atoms with Gasteiger partial charge in [0.2, 0.25) is 0 Å². The minimum Gasteiger partial charge on any atom is -0.481 e. The Morgan fingerprint density at radius 3 is 1.90 bits per heavy atom. The molecule has 0 fully saturated rings. The molecule has 0 spiro atoms. The van der Waals surface area contributed by atoms with Crippen LogP contribution in [-0.2, 0) is 9.59 Å². The normalized spacial score (nSPS) is 12.7. The molecule has 0 heterocycles. The Bertz CT molecular complexity index is 304. The van der Waals surface area contributed by atoms with E-state index in [2.05, 4.69) is 26.8 Å². The average molecular weight is 286 g/mol. The lowest BCUT2D eigenvalue weighted by atomic mass is 9.94. The first-order valence-electron chi connectivity index (χ1n) is 7.28. The summed E-state index contributed by atoms with van der Waals surface area (Å²) in [6, 6.07) is 0. The highest BCUT2D eigenvalue weighted by atomic mass is 16.4. The van der Waals surface area contributed by atoms with Crippen LogP contribution in [0.2, 0.25) is 0 Å². The zero-order chi connectivity index (χ0) is 16.1. The number of hydrogen-bond donors (Lipinski definition) is 2. The Labute approximate surface area is 122 Å². The van der Waals surface area contributed by atoms with Gasteiger partial charge in [0, 0.05) is 6.42 Å². The third-order valence-electron chi connectivity index (χ3n) is 3.03. The fourth-order valence-electron chi connectivity index (χ4n) is 1.46. The molecule has 0 radical (unpaired) electrons. The molecule has 0 amide bonds. The highest BCUT2D eigenvalue weighted by Crippen LogP contribution is 2.17. The summed E-state index contributed by atoms with van der Waals surface area (Å²) in [6.07, 6.45) is 6.56. The topological polar surface area (TPSA) is 74.6 Å². The number of carbonyl (C=O) groups is 2. The van der Waals surface area contributed by atoms with Crippen molar-refractivity contribution in [2.24, 2.45) is 11.8 Å². The van der Waals surface area contributed by atoms with Crippen molar-refractivity contribution < 1.29 is 19.8 Å². The molecule has 4 heteroatoms. The molecule has 0 saturated heterocycles. The van der Waals surface area contributed by atoms with Crippen LogP contribution >= 0.6 is 0 Å². The number of rotatable bonds is 8. The van der Waals surface area contributed by atoms with Crippen LogP contribution in [0.15, 0.2) is 11.6 Å². The second kappa shape index (κ2) is 12.7. The van der Waals surface area contributed by atoms with E-state index in [4.69, 9.17) is 10.2 Å². The van der Waals surface area contributed by atoms with Crippen LogP contribution in [0.5, 0.6) is 0 Å². The van der Waals surface area contributed by atoms with Crippen molar-refractivity contribution in [2.45, 2.75) is 66.7 Å². The molecule has 0 aromatic rings. The summed E-state index contributed by atoms with van der Waals surface area (Å²) < 4.78 is 0. The van der Waals surface area contributed by atoms with Gasteiger partial charge in [-0.1, -0.05) is 32.4 Å². The molecular weight excluding hydrogens is 256 g/mol. The molecule has 0 aromatic heterocycles. The maximum absolute atomic E-state index is 10.6. The monoisotopic (exact) mass is 286 g/mol. The first kappa shape index (κ1) is 21.0. The highest BCUT2D eigenvalue weighted by molar-refractivity contribution is 5.69. The molecule has 20 heavy (non-hydrogen) atoms. The van der Waals surface area contributed by atoms with Gasteiger partial charge in [-0.3, -0.25) is 9.59 Å². The average Bonchev–Trinajstić information content (AvgIpc) is 2.35. The molecule has 0 aliphatic heterocycles. The molecule has 2 unspecified atom stereocenters. The molecule has 0 bridgehead atoms. The number of hydrogen-bond acceptors (Lipinski definition) is 2. The van der Waals surface area contributed by atoms with Gasteiger partial charge in [0.15, 0.2) is 0 Å². The first-order valence-corrected chi connectivity index (χ1v) is 7.28. The van der Waals surface area contributed by atoms with Crippen LogP contribution in [0.3, 0.4) is 0 Å². The van der Waals surface area contributed by atoms with E-state index in [1.807, 2.05) is 0 Å². The van der Waals surface area contributed by atoms with Gasteiger partial charge in [-0.15, -0.1) is 0 Å². The summed E-state index contributed by atoms with van der Waals surface area (Å²) in [4.78, 5) is 20.0. The Balaban J connectivity index is 0. The fourth-order valence-corrected chi connectivity index (χ4v) is 1.46. The summed E-state index contributed by atoms with van der Waals surface area (Å²) in [5.41, 5.74) is 1.36. The summed E-state index contributed by atoms with van der Waals surface area (Å²) in [5.74, 6) is -0.991. The van der Waals surface area contributed by atoms with Crippen molar-refractivity contribution >= 4 is 11.9 Å². The Morgan fingerprint density at radius 2 is 1.55 bits per heavy atom. The van der Waals surface area contributed by atoms with Crippen molar-refractivity contribution in [3.63, 3.8) is 0 Å². The number of allylic oxidation sites excluding steroid dienone is 2. The van der Waals surface area contributed by atoms with E-state index in [1.54, 1.807) is 13.8 Å². The summed E-state index contributed by atoms with van der Waals surface area (Å²) in [7, 11) is 0. The molecule has 4 nitrogen and oxygen atoms in total. The minimum absolute atomic E-state index is 0.198. The minimum atomic E-state index is -0.745. The molecule has 0 aromatic carbocycles. The number of carboxylic acids is 2. The van der Waals surface area contributed by atoms with E-state index >= 15 is 0 Å². The summed E-state index contributed by atoms with van der Waals surface area (Å²) >= 11 is 0. The Morgan fingerprint density at radius 1 is 1.05 bits per heavy atom. The van der Waals surface area contributed by atoms with Gasteiger partial charge < -0.3 is 10.2 Å². The second-order valence-electron chi connectivity index (χ2n) is 5.53. The molecule has 0 aliphatic carbocycles. The van der Waals surface area contributed by atoms with E-state index in [0.717, 1.165) is 25.7 Å². The molecule has 0 saturated carbocycles. The van der Waals surface area contributed by atoms with Crippen molar-refractivity contribution in [3.05, 3.63) is 11.6 Å². The van der Waals surface area contributed by atoms with Crippen molar-refractivity contribution in [3.8, 4) is 0 Å². The second-order valence-corrected chi connectivity index (χ2v) is 5.53. The third kappa shape index (κ3) is 16.7. The highest BCUT2D eigenvalue weighted by Gasteiger charge is 2.12. The first-order chi connectivity index (χ1) is 9.20. The van der Waals surface area contributed by atoms with Crippen LogP contribution in [-0.4, -0.2) is 22.2 Å². The lowest BCUT2D eigenvalue weighted by molar-refractivity contribution is -0.141. The van der Waals surface area contributed by atoms with Crippen LogP contribution < -0.4 is 0 Å². The van der Waals surface area contributed by atoms with Crippen LogP contribution in [0, 0.1) is 11.8 Å². The predicted molar refractivity (Wildman–Crippen MR) is 81.8 cm³/mol. The van der Waals surface area contributed by atoms with Crippen LogP contribution in [0.25, 0.3) is 0 Å². The van der Waals surface area contributed by atoms with Gasteiger partial charge in [-0.25, -0.2) is 0 Å². The van der Waals surface area contributed by atoms with E-state index in [1.165, 1.54) is 5.57 Å². The molecule has 118 valence electrons. The molecule has 2 atom stereocenters. The Hall–Kier alpha value is -1.32. The maximum Gasteiger partial charge on any atom is 0.306 e. The van der Waals surface area contributed by atoms with Crippen molar-refractivity contribution in [2.75, 3.05) is 0 Å². The third-order valence-corrected chi connectivity index (χ3v) is 3.03. The Kier molecular flexibility index (Phi) is 13.3. The van der Waals surface area contributed by atoms with Crippen LogP contribution in [0.1, 0.15) is 66.7 Å². The van der Waals surface area contributed by atoms with E-state index < -0.39 is 11.9 Å². The smallest absolute Gasteiger partial charge is 0.306 e. The van der Waals surface area contributed by atoms with Crippen LogP contribution in [0.4, 0.5) is 0 Å². The van der Waals surface area contributed by atoms with Gasteiger partial charge >= 0.3 is 11.9 Å². The van der Waals surface area contributed by atoms with Gasteiger partial charge in [0.1, 0.15) is 0 Å². The predicted octanol–water partition coefficient (Wildman–Crippen LogP) is 4.35. The molecule has 0 aliphatic rings. The SMILES string of the molecule is CC(C)=CCCC(C)CCC(C)C(=O)O.CCC(=O)O. The number of carboxylic acid groups (broad SMARTS) is 2. The van der Waals surface area contributed by atoms with Crippen molar-refractivity contribution in [1.29, 1.82) is 0 Å².